The second-order valence-electron chi connectivity index (χ2n) is 24.8. The summed E-state index contributed by atoms with van der Waals surface area (Å²) in [5, 5.41) is 44.5. The van der Waals surface area contributed by atoms with E-state index in [-0.39, 0.29) is 39.3 Å². The minimum Gasteiger partial charge on any atom is -0.395 e. The average Bonchev–Trinajstić information content (AvgIpc) is 1.60. The van der Waals surface area contributed by atoms with Gasteiger partial charge in [-0.2, -0.15) is 38.5 Å². The van der Waals surface area contributed by atoms with Crippen LogP contribution in [0.4, 0.5) is 46.0 Å². The van der Waals surface area contributed by atoms with Gasteiger partial charge in [-0.1, -0.05) is 121 Å². The summed E-state index contributed by atoms with van der Waals surface area (Å²) >= 11 is 13.9. The van der Waals surface area contributed by atoms with E-state index in [0.29, 0.717) is 69.5 Å². The molecular weight excluding hydrogens is 1820 g/mol. The van der Waals surface area contributed by atoms with Gasteiger partial charge in [0.1, 0.15) is 23.3 Å². The first-order valence-electron chi connectivity index (χ1n) is 34.8. The van der Waals surface area contributed by atoms with Crippen molar-refractivity contribution in [3.63, 3.8) is 0 Å². The monoisotopic (exact) mass is 1890 g/mol. The SMILES string of the molecule is CNS(=O)(=O)c1ccc(Nc2cc(-c3ccccc3)nc3c(Br)cnn23)cc1.COCCNS(=O)(=O)c1ccc(Nc2cc(-c3ccccc3)nc3c(Br)cnn23)cc1.NS(=O)(=O)c1ccc(Nc2cc(-c3ccccc3)nc3c(Br)cnn23)cc1.O=S(=O)(NCCO)c1ccc(Nc2cc(-c3ccccc3)nc3c(Br)cnn23)cc1. The smallest absolute Gasteiger partial charge is 0.240 e. The fraction of sp³-hybridized carbons (Fsp3) is 0.0769. The molecule has 0 saturated carbocycles. The molecule has 0 aliphatic rings. The number of methoxy groups -OCH3 is 1. The average molecular weight is 1890 g/mol. The molecule has 116 heavy (non-hydrogen) atoms. The van der Waals surface area contributed by atoms with Gasteiger partial charge in [-0.05, 0) is 168 Å². The number of aromatic nitrogens is 12. The third kappa shape index (κ3) is 20.0. The lowest BCUT2D eigenvalue weighted by atomic mass is 10.1. The number of halogens is 4. The number of hydrogen-bond donors (Lipinski definition) is 9. The lowest BCUT2D eigenvalue weighted by Crippen LogP contribution is -2.27. The highest BCUT2D eigenvalue weighted by atomic mass is 79.9. The number of fused-ring (bicyclic) bond motifs is 4. The zero-order valence-corrected chi connectivity index (χ0v) is 70.6. The van der Waals surface area contributed by atoms with Gasteiger partial charge < -0.3 is 31.1 Å². The summed E-state index contributed by atoms with van der Waals surface area (Å²) < 4.78 is 117. The van der Waals surface area contributed by atoms with Crippen molar-refractivity contribution in [3.05, 3.63) is 285 Å². The number of primary sulfonamides is 1. The number of hydrogen-bond acceptors (Lipinski definition) is 22. The number of rotatable bonds is 24. The maximum absolute atomic E-state index is 12.3. The Labute approximate surface area is 699 Å². The maximum Gasteiger partial charge on any atom is 0.240 e. The van der Waals surface area contributed by atoms with Crippen molar-refractivity contribution in [3.8, 4) is 45.0 Å². The fourth-order valence-electron chi connectivity index (χ4n) is 11.3. The van der Waals surface area contributed by atoms with E-state index in [1.54, 1.807) is 116 Å². The summed E-state index contributed by atoms with van der Waals surface area (Å²) in [5.74, 6) is 2.77. The summed E-state index contributed by atoms with van der Waals surface area (Å²) in [6.45, 7) is 0.220. The summed E-state index contributed by atoms with van der Waals surface area (Å²) in [6.07, 6.45) is 6.71. The van der Waals surface area contributed by atoms with E-state index in [1.165, 1.54) is 38.4 Å². The number of sulfonamides is 4. The number of nitrogens with one attached hydrogen (secondary N) is 7. The Hall–Kier alpha value is -11.1. The van der Waals surface area contributed by atoms with E-state index >= 15 is 0 Å². The van der Waals surface area contributed by atoms with Crippen LogP contribution < -0.4 is 40.6 Å². The largest absolute Gasteiger partial charge is 0.395 e. The standard InChI is InChI=1S/C21H20BrN5O3S.C20H18BrN5O3S.C19H16BrN5O2S.C18H14BrN5O2S/c1-30-12-11-24-31(28,29)17-9-7-16(8-10-17)25-20-13-19(15-5-3-2-4-6-15)26-21-18(22)14-23-27(20)21;21-17-13-22-26-19(12-18(25-20(17)26)14-4-2-1-3-5-14)24-15-6-8-16(9-7-15)30(28,29)23-10-11-27;1-21-28(26,27)15-9-7-14(8-10-15)23-18-11-17(13-5-3-2-4-6-13)24-19-16(20)12-22-25(18)19;19-15-11-21-24-17(22-13-6-8-14(9-7-13)27(20,25)26)10-16(23-18(15)24)12-4-2-1-3-5-12/h2-10,13-14,24-25H,11-12H2,1H3;1-9,12-13,23-24,27H,10-11H2;2-12,21,23H,1H3;1-11,22H,(H2,20,25,26). The van der Waals surface area contributed by atoms with Gasteiger partial charge in [0, 0.05) is 89.5 Å². The summed E-state index contributed by atoms with van der Waals surface area (Å²) in [5.41, 5.74) is 12.6. The Morgan fingerprint density at radius 3 is 0.853 bits per heavy atom. The van der Waals surface area contributed by atoms with Crippen LogP contribution in [0.1, 0.15) is 0 Å². The molecule has 0 fully saturated rings. The number of aliphatic hydroxyl groups is 1. The molecule has 16 rings (SSSR count). The van der Waals surface area contributed by atoms with E-state index in [0.717, 1.165) is 68.6 Å². The molecule has 592 valence electrons. The lowest BCUT2D eigenvalue weighted by Gasteiger charge is -2.12. The molecule has 0 unspecified atom stereocenters. The van der Waals surface area contributed by atoms with Crippen molar-refractivity contribution in [2.45, 2.75) is 19.6 Å². The van der Waals surface area contributed by atoms with Gasteiger partial charge in [-0.25, -0.2) is 72.9 Å². The Morgan fingerprint density at radius 2 is 0.612 bits per heavy atom. The van der Waals surface area contributed by atoms with Crippen LogP contribution in [0.15, 0.2) is 305 Å². The molecule has 8 heterocycles. The van der Waals surface area contributed by atoms with E-state index < -0.39 is 40.1 Å². The number of benzene rings is 8. The van der Waals surface area contributed by atoms with Crippen molar-refractivity contribution in [1.82, 2.24) is 72.6 Å². The lowest BCUT2D eigenvalue weighted by molar-refractivity contribution is 0.204. The predicted molar refractivity (Wildman–Crippen MR) is 460 cm³/mol. The van der Waals surface area contributed by atoms with Gasteiger partial charge in [0.05, 0.1) is 98.2 Å². The molecule has 8 aromatic heterocycles. The van der Waals surface area contributed by atoms with Crippen LogP contribution >= 0.6 is 63.7 Å². The van der Waals surface area contributed by atoms with Crippen molar-refractivity contribution in [1.29, 1.82) is 0 Å². The number of nitrogens with zero attached hydrogens (tertiary/aromatic N) is 12. The van der Waals surface area contributed by atoms with E-state index in [1.807, 2.05) is 146 Å². The Bertz CT molecular complexity index is 6640. The first-order valence-corrected chi connectivity index (χ1v) is 43.9. The van der Waals surface area contributed by atoms with E-state index in [9.17, 15) is 33.7 Å². The molecule has 38 heteroatoms. The molecule has 0 saturated heterocycles. The molecule has 0 aliphatic heterocycles. The van der Waals surface area contributed by atoms with Crippen LogP contribution in [0.3, 0.4) is 0 Å². The van der Waals surface area contributed by atoms with Gasteiger partial charge in [0.15, 0.2) is 22.6 Å². The Morgan fingerprint density at radius 1 is 0.362 bits per heavy atom. The third-order valence-corrected chi connectivity index (χ3v) is 24.6. The van der Waals surface area contributed by atoms with E-state index in [4.69, 9.17) is 25.0 Å². The molecule has 0 bridgehead atoms. The number of aliphatic hydroxyl groups excluding tert-OH is 1. The van der Waals surface area contributed by atoms with E-state index in [2.05, 4.69) is 130 Å². The Kier molecular flexibility index (Phi) is 26.3. The Balaban J connectivity index is 0.000000135. The molecule has 30 nitrogen and oxygen atoms in total. The normalized spacial score (nSPS) is 11.7. The molecule has 8 aromatic carbocycles. The molecule has 16 aromatic rings. The first-order chi connectivity index (χ1) is 55.8. The van der Waals surface area contributed by atoms with Crippen molar-refractivity contribution in [2.24, 2.45) is 5.14 Å². The van der Waals surface area contributed by atoms with Crippen molar-refractivity contribution >= 4 is 172 Å². The number of ether oxygens (including phenoxy) is 1. The van der Waals surface area contributed by atoms with Gasteiger partial charge in [0.2, 0.25) is 40.1 Å². The zero-order valence-electron chi connectivity index (χ0n) is 60.9. The summed E-state index contributed by atoms with van der Waals surface area (Å²) in [6, 6.07) is 72.4. The minimum absolute atomic E-state index is 0.0340. The van der Waals surface area contributed by atoms with Crippen LogP contribution in [0.2, 0.25) is 0 Å². The van der Waals surface area contributed by atoms with Crippen molar-refractivity contribution in [2.75, 3.05) is 61.7 Å². The fourth-order valence-corrected chi connectivity index (χ4v) is 16.0. The molecule has 0 radical (unpaired) electrons. The highest BCUT2D eigenvalue weighted by Crippen LogP contribution is 2.34. The summed E-state index contributed by atoms with van der Waals surface area (Å²) in [7, 11) is -11.5. The zero-order chi connectivity index (χ0) is 81.7. The second kappa shape index (κ2) is 36.8. The number of anilines is 8. The molecule has 0 atom stereocenters. The quantitative estimate of drug-likeness (QED) is 0.0254. The minimum atomic E-state index is -3.73. The second-order valence-corrected chi connectivity index (χ2v) is 35.2. The molecular formula is C78H68Br4N20O10S4. The number of nitrogens with two attached hydrogens (primary N) is 1. The van der Waals surface area contributed by atoms with Gasteiger partial charge in [0.25, 0.3) is 0 Å². The molecule has 0 spiro atoms. The van der Waals surface area contributed by atoms with Crippen LogP contribution in [0, 0.1) is 0 Å². The van der Waals surface area contributed by atoms with Crippen LogP contribution in [0.5, 0.6) is 0 Å². The van der Waals surface area contributed by atoms with Gasteiger partial charge in [-0.15, -0.1) is 0 Å². The molecule has 10 N–H and O–H groups in total. The highest BCUT2D eigenvalue weighted by molar-refractivity contribution is 9.11. The first kappa shape index (κ1) is 82.9. The van der Waals surface area contributed by atoms with Crippen molar-refractivity contribution < 1.29 is 43.5 Å². The highest BCUT2D eigenvalue weighted by Gasteiger charge is 2.21. The molecule has 0 amide bonds. The predicted octanol–water partition coefficient (Wildman–Crippen LogP) is 14.4. The third-order valence-electron chi connectivity index (χ3n) is 17.0. The topological polar surface area (TPSA) is 397 Å². The molecule has 0 aliphatic carbocycles. The van der Waals surface area contributed by atoms with Crippen LogP contribution in [-0.4, -0.2) is 138 Å². The van der Waals surface area contributed by atoms with Gasteiger partial charge in [-0.3, -0.25) is 0 Å². The maximum atomic E-state index is 12.3. The van der Waals surface area contributed by atoms with Crippen LogP contribution in [-0.2, 0) is 44.8 Å². The van der Waals surface area contributed by atoms with Crippen LogP contribution in [0.25, 0.3) is 67.6 Å². The summed E-state index contributed by atoms with van der Waals surface area (Å²) in [4.78, 5) is 19.3. The van der Waals surface area contributed by atoms with Gasteiger partial charge >= 0.3 is 0 Å².